The maximum Gasteiger partial charge on any atom is 0.240 e. The van der Waals surface area contributed by atoms with Gasteiger partial charge in [-0.25, -0.2) is 0 Å². The fourth-order valence-electron chi connectivity index (χ4n) is 6.12. The number of anilines is 2. The average Bonchev–Trinajstić information content (AvgIpc) is 3.47. The molecule has 0 bridgehead atoms. The van der Waals surface area contributed by atoms with E-state index < -0.39 is 5.41 Å². The van der Waals surface area contributed by atoms with Crippen LogP contribution < -0.4 is 19.3 Å². The Labute approximate surface area is 228 Å². The summed E-state index contributed by atoms with van der Waals surface area (Å²) in [5, 5.41) is 0.669. The van der Waals surface area contributed by atoms with Crippen LogP contribution in [0, 0.1) is 0 Å². The van der Waals surface area contributed by atoms with Crippen molar-refractivity contribution in [2.45, 2.75) is 24.4 Å². The molecule has 2 heterocycles. The number of hydrogen-bond donors (Lipinski definition) is 0. The number of carbonyl (C=O) groups is 1. The minimum absolute atomic E-state index is 0.112. The van der Waals surface area contributed by atoms with Gasteiger partial charge in [-0.3, -0.25) is 4.79 Å². The second kappa shape index (κ2) is 9.73. The summed E-state index contributed by atoms with van der Waals surface area (Å²) in [5.74, 6) is 1.66. The summed E-state index contributed by atoms with van der Waals surface area (Å²) < 4.78 is 11.1. The molecule has 6 heteroatoms. The number of nitrogens with zero attached hydrogens (tertiary/aromatic N) is 2. The van der Waals surface area contributed by atoms with Crippen molar-refractivity contribution in [3.8, 4) is 11.5 Å². The summed E-state index contributed by atoms with van der Waals surface area (Å²) in [4.78, 5) is 19.0. The third kappa shape index (κ3) is 3.89. The molecule has 2 atom stereocenters. The van der Waals surface area contributed by atoms with E-state index in [2.05, 4.69) is 35.2 Å². The van der Waals surface area contributed by atoms with Crippen LogP contribution >= 0.6 is 11.6 Å². The molecule has 0 saturated carbocycles. The standard InChI is InChI=1S/C32H29ClN2O3/c1-37-26-14-12-25(13-15-26)34-19-18-32(30(34)23-8-10-24(33)11-9-23)28-20-27(38-2)16-17-29(28)35(31(32)36)21-22-6-4-3-5-7-22/h3-17,20,30H,18-19,21H2,1-2H3. The molecule has 6 rings (SSSR count). The summed E-state index contributed by atoms with van der Waals surface area (Å²) in [6.45, 7) is 1.23. The molecule has 2 aliphatic heterocycles. The first-order valence-electron chi connectivity index (χ1n) is 12.8. The highest BCUT2D eigenvalue weighted by molar-refractivity contribution is 6.30. The van der Waals surface area contributed by atoms with Crippen LogP contribution in [0.25, 0.3) is 0 Å². The zero-order valence-electron chi connectivity index (χ0n) is 21.4. The second-order valence-electron chi connectivity index (χ2n) is 9.83. The van der Waals surface area contributed by atoms with E-state index in [9.17, 15) is 4.79 Å². The third-order valence-corrected chi connectivity index (χ3v) is 8.15. The van der Waals surface area contributed by atoms with Crippen LogP contribution in [0.5, 0.6) is 11.5 Å². The van der Waals surface area contributed by atoms with Gasteiger partial charge >= 0.3 is 0 Å². The van der Waals surface area contributed by atoms with E-state index in [0.717, 1.165) is 46.1 Å². The number of fused-ring (bicyclic) bond motifs is 2. The molecule has 1 spiro atoms. The topological polar surface area (TPSA) is 42.0 Å². The fourth-order valence-corrected chi connectivity index (χ4v) is 6.25. The van der Waals surface area contributed by atoms with E-state index in [4.69, 9.17) is 21.1 Å². The summed E-state index contributed by atoms with van der Waals surface area (Å²) in [5.41, 5.74) is 4.34. The van der Waals surface area contributed by atoms with Gasteiger partial charge in [0.1, 0.15) is 16.9 Å². The van der Waals surface area contributed by atoms with Crippen LogP contribution in [-0.2, 0) is 16.8 Å². The molecular formula is C32H29ClN2O3. The van der Waals surface area contributed by atoms with Gasteiger partial charge in [0.25, 0.3) is 0 Å². The SMILES string of the molecule is COc1ccc(N2CCC3(C(=O)N(Cc4ccccc4)c4ccc(OC)cc43)C2c2ccc(Cl)cc2)cc1. The van der Waals surface area contributed by atoms with E-state index in [1.54, 1.807) is 14.2 Å². The molecule has 2 unspecified atom stereocenters. The Morgan fingerprint density at radius 3 is 2.24 bits per heavy atom. The van der Waals surface area contributed by atoms with Crippen molar-refractivity contribution >= 4 is 28.9 Å². The maximum absolute atomic E-state index is 14.7. The zero-order valence-corrected chi connectivity index (χ0v) is 22.2. The van der Waals surface area contributed by atoms with Gasteiger partial charge in [-0.15, -0.1) is 0 Å². The van der Waals surface area contributed by atoms with Crippen LogP contribution in [0.15, 0.2) is 97.1 Å². The molecule has 1 fully saturated rings. The number of rotatable bonds is 6. The molecule has 38 heavy (non-hydrogen) atoms. The highest BCUT2D eigenvalue weighted by Crippen LogP contribution is 2.58. The molecule has 0 radical (unpaired) electrons. The Hall–Kier alpha value is -3.96. The van der Waals surface area contributed by atoms with Gasteiger partial charge in [-0.05, 0) is 77.7 Å². The van der Waals surface area contributed by atoms with Crippen molar-refractivity contribution in [3.05, 3.63) is 119 Å². The predicted octanol–water partition coefficient (Wildman–Crippen LogP) is 6.79. The summed E-state index contributed by atoms with van der Waals surface area (Å²) in [6.07, 6.45) is 0.677. The quantitative estimate of drug-likeness (QED) is 0.278. The number of hydrogen-bond acceptors (Lipinski definition) is 4. The molecular weight excluding hydrogens is 496 g/mol. The van der Waals surface area contributed by atoms with Crippen LogP contribution in [0.1, 0.15) is 29.2 Å². The van der Waals surface area contributed by atoms with Crippen molar-refractivity contribution < 1.29 is 14.3 Å². The lowest BCUT2D eigenvalue weighted by Gasteiger charge is -2.36. The van der Waals surface area contributed by atoms with E-state index in [1.807, 2.05) is 71.6 Å². The first-order valence-corrected chi connectivity index (χ1v) is 13.1. The van der Waals surface area contributed by atoms with Gasteiger partial charge < -0.3 is 19.3 Å². The van der Waals surface area contributed by atoms with Crippen LogP contribution in [-0.4, -0.2) is 26.7 Å². The van der Waals surface area contributed by atoms with Crippen LogP contribution in [0.2, 0.25) is 5.02 Å². The van der Waals surface area contributed by atoms with Crippen LogP contribution in [0.4, 0.5) is 11.4 Å². The second-order valence-corrected chi connectivity index (χ2v) is 10.3. The van der Waals surface area contributed by atoms with E-state index >= 15 is 0 Å². The molecule has 0 aliphatic carbocycles. The van der Waals surface area contributed by atoms with Gasteiger partial charge in [0.15, 0.2) is 0 Å². The lowest BCUT2D eigenvalue weighted by Crippen LogP contribution is -2.44. The highest BCUT2D eigenvalue weighted by atomic mass is 35.5. The Bertz CT molecular complexity index is 1460. The number of ether oxygens (including phenoxy) is 2. The number of carbonyl (C=O) groups excluding carboxylic acids is 1. The Morgan fingerprint density at radius 2 is 1.55 bits per heavy atom. The van der Waals surface area contributed by atoms with Crippen molar-refractivity contribution in [3.63, 3.8) is 0 Å². The van der Waals surface area contributed by atoms with Crippen molar-refractivity contribution in [1.29, 1.82) is 0 Å². The normalized spacial score (nSPS) is 20.2. The van der Waals surface area contributed by atoms with Gasteiger partial charge in [-0.1, -0.05) is 54.1 Å². The first kappa shape index (κ1) is 24.4. The Balaban J connectivity index is 1.53. The molecule has 1 saturated heterocycles. The van der Waals surface area contributed by atoms with Gasteiger partial charge in [0.05, 0.1) is 26.8 Å². The Kier molecular flexibility index (Phi) is 6.24. The van der Waals surface area contributed by atoms with Crippen molar-refractivity contribution in [1.82, 2.24) is 0 Å². The van der Waals surface area contributed by atoms with Gasteiger partial charge in [0, 0.05) is 22.9 Å². The molecule has 192 valence electrons. The molecule has 2 aliphatic rings. The van der Waals surface area contributed by atoms with Crippen molar-refractivity contribution in [2.75, 3.05) is 30.6 Å². The van der Waals surface area contributed by atoms with Gasteiger partial charge in [0.2, 0.25) is 5.91 Å². The summed E-state index contributed by atoms with van der Waals surface area (Å²) >= 11 is 6.30. The molecule has 1 amide bonds. The highest BCUT2D eigenvalue weighted by Gasteiger charge is 2.61. The zero-order chi connectivity index (χ0) is 26.3. The number of halogens is 1. The van der Waals surface area contributed by atoms with Crippen molar-refractivity contribution in [2.24, 2.45) is 0 Å². The lowest BCUT2D eigenvalue weighted by atomic mass is 9.72. The van der Waals surface area contributed by atoms with Crippen LogP contribution in [0.3, 0.4) is 0 Å². The number of amides is 1. The molecule has 5 nitrogen and oxygen atoms in total. The molecule has 4 aromatic carbocycles. The smallest absolute Gasteiger partial charge is 0.240 e. The number of methoxy groups -OCH3 is 2. The fraction of sp³-hybridized carbons (Fsp3) is 0.219. The Morgan fingerprint density at radius 1 is 0.868 bits per heavy atom. The minimum atomic E-state index is -0.785. The maximum atomic E-state index is 14.7. The monoisotopic (exact) mass is 524 g/mol. The number of benzene rings is 4. The first-order chi connectivity index (χ1) is 18.5. The largest absolute Gasteiger partial charge is 0.497 e. The summed E-state index contributed by atoms with van der Waals surface area (Å²) in [7, 11) is 3.33. The molecule has 0 N–H and O–H groups in total. The van der Waals surface area contributed by atoms with Gasteiger partial charge in [-0.2, -0.15) is 0 Å². The molecule has 0 aromatic heterocycles. The van der Waals surface area contributed by atoms with E-state index in [1.165, 1.54) is 0 Å². The average molecular weight is 525 g/mol. The predicted molar refractivity (Wildman–Crippen MR) is 151 cm³/mol. The third-order valence-electron chi connectivity index (χ3n) is 7.90. The van der Waals surface area contributed by atoms with E-state index in [-0.39, 0.29) is 11.9 Å². The minimum Gasteiger partial charge on any atom is -0.497 e. The molecule has 4 aromatic rings. The summed E-state index contributed by atoms with van der Waals surface area (Å²) in [6, 6.07) is 31.9. The van der Waals surface area contributed by atoms with E-state index in [0.29, 0.717) is 18.0 Å². The lowest BCUT2D eigenvalue weighted by molar-refractivity contribution is -0.123.